The average Bonchev–Trinajstić information content (AvgIpc) is 3.06. The van der Waals surface area contributed by atoms with E-state index in [1.165, 1.54) is 0 Å². The number of halogens is 1. The van der Waals surface area contributed by atoms with Gasteiger partial charge in [-0.2, -0.15) is 4.39 Å². The van der Waals surface area contributed by atoms with Gasteiger partial charge in [0.05, 0.1) is 17.8 Å². The van der Waals surface area contributed by atoms with Gasteiger partial charge in [-0.1, -0.05) is 23.3 Å². The number of benzene rings is 1. The molecule has 0 unspecified atom stereocenters. The van der Waals surface area contributed by atoms with Gasteiger partial charge in [0.15, 0.2) is 0 Å². The fraction of sp³-hybridized carbons (Fsp3) is 0.312. The van der Waals surface area contributed by atoms with Gasteiger partial charge in [-0.15, -0.1) is 0 Å². The van der Waals surface area contributed by atoms with Gasteiger partial charge >= 0.3 is 11.7 Å². The summed E-state index contributed by atoms with van der Waals surface area (Å²) in [6, 6.07) is 7.52. The Hall–Kier alpha value is -3.43. The maximum atomic E-state index is 13.5. The van der Waals surface area contributed by atoms with Gasteiger partial charge in [0.25, 0.3) is 5.56 Å². The molecule has 0 bridgehead atoms. The van der Waals surface area contributed by atoms with Crippen molar-refractivity contribution >= 4 is 5.97 Å². The van der Waals surface area contributed by atoms with Gasteiger partial charge in [0.2, 0.25) is 5.82 Å². The largest absolute Gasteiger partial charge is 0.459 e. The molecule has 1 fully saturated rings. The number of esters is 1. The fourth-order valence-corrected chi connectivity index (χ4v) is 2.71. The molecule has 2 aromatic rings. The third kappa shape index (κ3) is 4.05. The topological polar surface area (TPSA) is 139 Å². The minimum Gasteiger partial charge on any atom is -0.459 e. The number of ether oxygens (including phenoxy) is 2. The number of azide groups is 1. The highest BCUT2D eigenvalue weighted by atomic mass is 19.1. The summed E-state index contributed by atoms with van der Waals surface area (Å²) in [4.78, 5) is 39.6. The van der Waals surface area contributed by atoms with Crippen molar-refractivity contribution in [1.29, 1.82) is 0 Å². The van der Waals surface area contributed by atoms with E-state index in [-0.39, 0.29) is 13.0 Å². The SMILES string of the molecule is [N-]=[N+]=N[C@H]1C[C@H](n2cc(F)c(=O)[nH]c2=O)O[C@@H]1COC(=O)c1ccccc1. The molecule has 1 aliphatic heterocycles. The predicted octanol–water partition coefficient (Wildman–Crippen LogP) is 1.50. The first-order chi connectivity index (χ1) is 13.0. The summed E-state index contributed by atoms with van der Waals surface area (Å²) in [5.74, 6) is -1.74. The van der Waals surface area contributed by atoms with Gasteiger partial charge in [-0.3, -0.25) is 14.3 Å². The minimum atomic E-state index is -1.16. The number of carbonyl (C=O) groups excluding carboxylic acids is 1. The summed E-state index contributed by atoms with van der Waals surface area (Å²) in [6.45, 7) is -0.228. The lowest BCUT2D eigenvalue weighted by molar-refractivity contribution is -0.0365. The quantitative estimate of drug-likeness (QED) is 0.365. The van der Waals surface area contributed by atoms with E-state index in [9.17, 15) is 18.8 Å². The second kappa shape index (κ2) is 7.85. The zero-order valence-electron chi connectivity index (χ0n) is 13.8. The van der Waals surface area contributed by atoms with E-state index in [1.807, 2.05) is 4.98 Å². The highest BCUT2D eigenvalue weighted by Crippen LogP contribution is 2.30. The van der Waals surface area contributed by atoms with Crippen LogP contribution in [-0.4, -0.2) is 34.3 Å². The lowest BCUT2D eigenvalue weighted by Crippen LogP contribution is -2.34. The fourth-order valence-electron chi connectivity index (χ4n) is 2.71. The van der Waals surface area contributed by atoms with Gasteiger partial charge in [-0.25, -0.2) is 9.59 Å². The molecule has 11 heteroatoms. The molecule has 1 aromatic carbocycles. The Kier molecular flexibility index (Phi) is 5.34. The lowest BCUT2D eigenvalue weighted by atomic mass is 10.1. The maximum Gasteiger partial charge on any atom is 0.338 e. The zero-order chi connectivity index (χ0) is 19.4. The molecule has 3 atom stereocenters. The highest BCUT2D eigenvalue weighted by Gasteiger charge is 2.37. The van der Waals surface area contributed by atoms with E-state index in [4.69, 9.17) is 15.0 Å². The number of nitrogens with zero attached hydrogens (tertiary/aromatic N) is 4. The van der Waals surface area contributed by atoms with Gasteiger partial charge < -0.3 is 9.47 Å². The monoisotopic (exact) mass is 375 g/mol. The first-order valence-corrected chi connectivity index (χ1v) is 7.92. The van der Waals surface area contributed by atoms with E-state index in [2.05, 4.69) is 10.0 Å². The van der Waals surface area contributed by atoms with Crippen LogP contribution in [0.15, 0.2) is 51.2 Å². The van der Waals surface area contributed by atoms with Crippen LogP contribution in [0, 0.1) is 5.82 Å². The second-order valence-corrected chi connectivity index (χ2v) is 5.75. The molecule has 1 saturated heterocycles. The lowest BCUT2D eigenvalue weighted by Gasteiger charge is -2.16. The van der Waals surface area contributed by atoms with Crippen LogP contribution in [0.5, 0.6) is 0 Å². The smallest absolute Gasteiger partial charge is 0.338 e. The Morgan fingerprint density at radius 3 is 2.85 bits per heavy atom. The van der Waals surface area contributed by atoms with Crippen LogP contribution in [-0.2, 0) is 9.47 Å². The van der Waals surface area contributed by atoms with Crippen LogP contribution in [0.25, 0.3) is 10.4 Å². The molecule has 0 amide bonds. The summed E-state index contributed by atoms with van der Waals surface area (Å²) >= 11 is 0. The molecular formula is C16H14FN5O5. The number of carbonyl (C=O) groups is 1. The predicted molar refractivity (Wildman–Crippen MR) is 89.5 cm³/mol. The number of nitrogens with one attached hydrogen (secondary N) is 1. The molecule has 0 saturated carbocycles. The Morgan fingerprint density at radius 1 is 1.41 bits per heavy atom. The van der Waals surface area contributed by atoms with Crippen LogP contribution in [0.1, 0.15) is 23.0 Å². The van der Waals surface area contributed by atoms with Crippen molar-refractivity contribution < 1.29 is 18.7 Å². The summed E-state index contributed by atoms with van der Waals surface area (Å²) in [7, 11) is 0. The molecule has 2 heterocycles. The molecule has 3 rings (SSSR count). The van der Waals surface area contributed by atoms with Crippen LogP contribution in [0.2, 0.25) is 0 Å². The summed E-state index contributed by atoms with van der Waals surface area (Å²) < 4.78 is 25.1. The van der Waals surface area contributed by atoms with Crippen LogP contribution >= 0.6 is 0 Å². The number of rotatable bonds is 5. The normalized spacial score (nSPS) is 21.4. The van der Waals surface area contributed by atoms with E-state index in [0.29, 0.717) is 5.56 Å². The number of hydrogen-bond donors (Lipinski definition) is 1. The van der Waals surface area contributed by atoms with Gasteiger partial charge in [0.1, 0.15) is 18.9 Å². The zero-order valence-corrected chi connectivity index (χ0v) is 13.8. The first-order valence-electron chi connectivity index (χ1n) is 7.92. The number of H-pyrrole nitrogens is 1. The van der Waals surface area contributed by atoms with E-state index in [1.54, 1.807) is 30.3 Å². The van der Waals surface area contributed by atoms with Crippen molar-refractivity contribution in [1.82, 2.24) is 9.55 Å². The van der Waals surface area contributed by atoms with Crippen LogP contribution < -0.4 is 11.2 Å². The number of aromatic nitrogens is 2. The third-order valence-corrected chi connectivity index (χ3v) is 4.03. The summed E-state index contributed by atoms with van der Waals surface area (Å²) in [5.41, 5.74) is 7.04. The molecule has 1 N–H and O–H groups in total. The maximum absolute atomic E-state index is 13.5. The van der Waals surface area contributed by atoms with Crippen molar-refractivity contribution in [3.8, 4) is 0 Å². The standard InChI is InChI=1S/C16H14FN5O5/c17-10-7-22(16(25)19-14(10)23)13-6-11(20-21-18)12(27-13)8-26-15(24)9-4-2-1-3-5-9/h1-5,7,11-13H,6,8H2,(H,19,23,25)/t11-,12+,13+/m0/s1. The molecule has 0 radical (unpaired) electrons. The molecule has 1 aliphatic rings. The highest BCUT2D eigenvalue weighted by molar-refractivity contribution is 5.89. The molecule has 1 aromatic heterocycles. The van der Waals surface area contributed by atoms with Crippen molar-refractivity contribution in [2.24, 2.45) is 5.11 Å². The van der Waals surface area contributed by atoms with Gasteiger partial charge in [-0.05, 0) is 17.7 Å². The van der Waals surface area contributed by atoms with Crippen LogP contribution in [0.4, 0.5) is 4.39 Å². The van der Waals surface area contributed by atoms with E-state index >= 15 is 0 Å². The molecule has 27 heavy (non-hydrogen) atoms. The van der Waals surface area contributed by atoms with Gasteiger partial charge in [0, 0.05) is 11.3 Å². The average molecular weight is 375 g/mol. The van der Waals surface area contributed by atoms with Crippen molar-refractivity contribution in [3.05, 3.63) is 79.2 Å². The third-order valence-electron chi connectivity index (χ3n) is 4.03. The Labute approximate surface area is 150 Å². The second-order valence-electron chi connectivity index (χ2n) is 5.75. The first kappa shape index (κ1) is 18.4. The van der Waals surface area contributed by atoms with Crippen molar-refractivity contribution in [2.75, 3.05) is 6.61 Å². The Bertz CT molecular complexity index is 998. The van der Waals surface area contributed by atoms with Crippen LogP contribution in [0.3, 0.4) is 0 Å². The number of aromatic amines is 1. The molecular weight excluding hydrogens is 361 g/mol. The molecule has 0 spiro atoms. The summed E-state index contributed by atoms with van der Waals surface area (Å²) in [6.07, 6.45) is -1.06. The van der Waals surface area contributed by atoms with Crippen molar-refractivity contribution in [2.45, 2.75) is 24.8 Å². The van der Waals surface area contributed by atoms with E-state index in [0.717, 1.165) is 10.8 Å². The molecule has 10 nitrogen and oxygen atoms in total. The molecule has 0 aliphatic carbocycles. The summed E-state index contributed by atoms with van der Waals surface area (Å²) in [5, 5.41) is 3.58. The van der Waals surface area contributed by atoms with Crippen molar-refractivity contribution in [3.63, 3.8) is 0 Å². The Balaban J connectivity index is 1.74. The Morgan fingerprint density at radius 2 is 2.15 bits per heavy atom. The molecule has 140 valence electrons. The minimum absolute atomic E-state index is 0.0446. The number of hydrogen-bond acceptors (Lipinski definition) is 6. The van der Waals surface area contributed by atoms with E-state index < -0.39 is 41.4 Å².